The Bertz CT molecular complexity index is 1470. The molecule has 1 aliphatic rings. The Morgan fingerprint density at radius 2 is 1.97 bits per heavy atom. The molecule has 3 aromatic rings. The van der Waals surface area contributed by atoms with Gasteiger partial charge in [-0.2, -0.15) is 0 Å². The summed E-state index contributed by atoms with van der Waals surface area (Å²) in [6.45, 7) is 7.89. The Kier molecular flexibility index (Phi) is 7.96. The summed E-state index contributed by atoms with van der Waals surface area (Å²) in [5.41, 5.74) is 7.05. The van der Waals surface area contributed by atoms with Gasteiger partial charge in [0.15, 0.2) is 0 Å². The van der Waals surface area contributed by atoms with E-state index in [0.717, 1.165) is 0 Å². The Balaban J connectivity index is 1.52. The molecule has 9 nitrogen and oxygen atoms in total. The number of allylic oxidation sites excluding steroid dienone is 1. The van der Waals surface area contributed by atoms with Crippen molar-refractivity contribution in [3.8, 4) is 11.5 Å². The lowest BCUT2D eigenvalue weighted by molar-refractivity contribution is -0.119. The molecule has 1 aliphatic heterocycles. The number of rotatable bonds is 7. The summed E-state index contributed by atoms with van der Waals surface area (Å²) in [5, 5.41) is 12.7. The van der Waals surface area contributed by atoms with Gasteiger partial charge in [0.25, 0.3) is 5.91 Å². The fourth-order valence-electron chi connectivity index (χ4n) is 3.99. The van der Waals surface area contributed by atoms with Gasteiger partial charge >= 0.3 is 0 Å². The van der Waals surface area contributed by atoms with Crippen LogP contribution in [0.15, 0.2) is 59.5 Å². The van der Waals surface area contributed by atoms with Crippen LogP contribution in [0.1, 0.15) is 42.3 Å². The van der Waals surface area contributed by atoms with Gasteiger partial charge in [-0.05, 0) is 63.6 Å². The van der Waals surface area contributed by atoms with Crippen molar-refractivity contribution in [2.24, 2.45) is 10.7 Å². The first-order chi connectivity index (χ1) is 18.4. The van der Waals surface area contributed by atoms with Gasteiger partial charge in [0.05, 0.1) is 29.3 Å². The van der Waals surface area contributed by atoms with Gasteiger partial charge in [-0.15, -0.1) is 0 Å². The predicted octanol–water partition coefficient (Wildman–Crippen LogP) is 3.62. The van der Waals surface area contributed by atoms with E-state index in [4.69, 9.17) is 10.5 Å². The molecule has 1 aromatic heterocycles. The van der Waals surface area contributed by atoms with Gasteiger partial charge in [0, 0.05) is 48.2 Å². The number of aliphatic imine (C=N–C) groups is 1. The van der Waals surface area contributed by atoms with E-state index in [1.54, 1.807) is 48.4 Å². The summed E-state index contributed by atoms with van der Waals surface area (Å²) in [5.74, 6) is -0.520. The normalized spacial score (nSPS) is 14.5. The van der Waals surface area contributed by atoms with E-state index in [1.807, 2.05) is 20.8 Å². The number of nitrogens with two attached hydrogens (primary N) is 1. The average Bonchev–Trinajstić information content (AvgIpc) is 2.88. The SMILES string of the molecule is Cc1c(Oc2ccnc3ccc(C(=O)N4CC(O)C4)cc23)ccc(CC(=O)NC(C=NC(C)(C)C)=CN)c1F. The lowest BCUT2D eigenvalue weighted by Crippen LogP contribution is -2.53. The molecule has 0 unspecified atom stereocenters. The fraction of sp³-hybridized carbons (Fsp3) is 0.310. The number of halogens is 1. The monoisotopic (exact) mass is 533 g/mol. The standard InChI is InChI=1S/C29H32FN5O4/c1-17-24(8-6-18(27(17)30)12-26(37)34-20(13-31)14-33-29(2,3)4)39-25-9-10-32-23-7-5-19(11-22(23)25)28(38)35-15-21(36)16-35/h5-11,13-14,21,36H,12,15-16,31H2,1-4H3,(H,34,37). The van der Waals surface area contributed by atoms with Crippen molar-refractivity contribution in [3.05, 3.63) is 77.0 Å². The van der Waals surface area contributed by atoms with E-state index in [-0.39, 0.29) is 34.7 Å². The van der Waals surface area contributed by atoms with Gasteiger partial charge in [-0.3, -0.25) is 19.6 Å². The number of aromatic nitrogens is 1. The summed E-state index contributed by atoms with van der Waals surface area (Å²) in [4.78, 5) is 35.5. The molecular weight excluding hydrogens is 501 g/mol. The summed E-state index contributed by atoms with van der Waals surface area (Å²) in [6.07, 6.45) is 3.57. The molecule has 204 valence electrons. The van der Waals surface area contributed by atoms with E-state index in [0.29, 0.717) is 41.0 Å². The van der Waals surface area contributed by atoms with Crippen molar-refractivity contribution in [1.82, 2.24) is 15.2 Å². The maximum absolute atomic E-state index is 15.3. The first-order valence-corrected chi connectivity index (χ1v) is 12.5. The molecule has 0 radical (unpaired) electrons. The number of aliphatic hydroxyl groups excluding tert-OH is 1. The third-order valence-electron chi connectivity index (χ3n) is 6.14. The molecule has 2 aromatic carbocycles. The maximum atomic E-state index is 15.3. The second-order valence-electron chi connectivity index (χ2n) is 10.4. The number of carbonyl (C=O) groups is 2. The van der Waals surface area contributed by atoms with Crippen LogP contribution < -0.4 is 15.8 Å². The van der Waals surface area contributed by atoms with Crippen molar-refractivity contribution in [2.45, 2.75) is 45.8 Å². The van der Waals surface area contributed by atoms with E-state index in [1.165, 1.54) is 18.5 Å². The van der Waals surface area contributed by atoms with Gasteiger partial charge in [0.1, 0.15) is 17.3 Å². The molecule has 4 N–H and O–H groups in total. The largest absolute Gasteiger partial charge is 0.456 e. The summed E-state index contributed by atoms with van der Waals surface area (Å²) in [7, 11) is 0. The van der Waals surface area contributed by atoms with Crippen LogP contribution in [0.25, 0.3) is 10.9 Å². The van der Waals surface area contributed by atoms with Crippen molar-refractivity contribution >= 4 is 28.9 Å². The van der Waals surface area contributed by atoms with Crippen LogP contribution in [0, 0.1) is 12.7 Å². The number of likely N-dealkylation sites (tertiary alicyclic amines) is 1. The summed E-state index contributed by atoms with van der Waals surface area (Å²) < 4.78 is 21.4. The number of hydrogen-bond donors (Lipinski definition) is 3. The van der Waals surface area contributed by atoms with E-state index in [2.05, 4.69) is 15.3 Å². The summed E-state index contributed by atoms with van der Waals surface area (Å²) >= 11 is 0. The number of nitrogens with zero attached hydrogens (tertiary/aromatic N) is 3. The zero-order valence-electron chi connectivity index (χ0n) is 22.4. The molecule has 0 atom stereocenters. The number of nitrogens with one attached hydrogen (secondary N) is 1. The summed E-state index contributed by atoms with van der Waals surface area (Å²) in [6, 6.07) is 9.82. The van der Waals surface area contributed by atoms with Crippen LogP contribution in [0.5, 0.6) is 11.5 Å². The molecule has 0 aliphatic carbocycles. The lowest BCUT2D eigenvalue weighted by Gasteiger charge is -2.35. The second-order valence-corrected chi connectivity index (χ2v) is 10.4. The number of carbonyl (C=O) groups excluding carboxylic acids is 2. The van der Waals surface area contributed by atoms with E-state index < -0.39 is 17.8 Å². The zero-order chi connectivity index (χ0) is 28.3. The Morgan fingerprint density at radius 3 is 2.64 bits per heavy atom. The number of hydrogen-bond acceptors (Lipinski definition) is 7. The van der Waals surface area contributed by atoms with Gasteiger partial charge in [0.2, 0.25) is 5.91 Å². The quantitative estimate of drug-likeness (QED) is 0.398. The van der Waals surface area contributed by atoms with Crippen molar-refractivity contribution in [1.29, 1.82) is 0 Å². The fourth-order valence-corrected chi connectivity index (χ4v) is 3.99. The Labute approximate surface area is 226 Å². The minimum absolute atomic E-state index is 0.195. The lowest BCUT2D eigenvalue weighted by atomic mass is 10.1. The number of aliphatic hydroxyl groups is 1. The minimum Gasteiger partial charge on any atom is -0.456 e. The number of benzene rings is 2. The van der Waals surface area contributed by atoms with E-state index in [9.17, 15) is 14.7 Å². The Morgan fingerprint density at radius 1 is 1.23 bits per heavy atom. The second kappa shape index (κ2) is 11.2. The van der Waals surface area contributed by atoms with E-state index >= 15 is 4.39 Å². The molecule has 39 heavy (non-hydrogen) atoms. The minimum atomic E-state index is -0.560. The van der Waals surface area contributed by atoms with Crippen LogP contribution in [0.4, 0.5) is 4.39 Å². The molecule has 2 heterocycles. The van der Waals surface area contributed by atoms with Crippen LogP contribution in [-0.4, -0.2) is 57.8 Å². The predicted molar refractivity (Wildman–Crippen MR) is 147 cm³/mol. The van der Waals surface area contributed by atoms with Gasteiger partial charge in [-0.25, -0.2) is 4.39 Å². The molecule has 10 heteroatoms. The topological polar surface area (TPSA) is 130 Å². The molecule has 0 bridgehead atoms. The zero-order valence-corrected chi connectivity index (χ0v) is 22.4. The van der Waals surface area contributed by atoms with Gasteiger partial charge in [-0.1, -0.05) is 6.07 Å². The molecule has 2 amide bonds. The highest BCUT2D eigenvalue weighted by Crippen LogP contribution is 2.33. The van der Waals surface area contributed by atoms with Crippen molar-refractivity contribution < 1.29 is 23.8 Å². The maximum Gasteiger partial charge on any atom is 0.254 e. The molecule has 4 rings (SSSR count). The van der Waals surface area contributed by atoms with Crippen molar-refractivity contribution in [3.63, 3.8) is 0 Å². The van der Waals surface area contributed by atoms with Crippen LogP contribution >= 0.6 is 0 Å². The highest BCUT2D eigenvalue weighted by molar-refractivity contribution is 5.99. The van der Waals surface area contributed by atoms with Crippen molar-refractivity contribution in [2.75, 3.05) is 13.1 Å². The van der Waals surface area contributed by atoms with Crippen LogP contribution in [0.2, 0.25) is 0 Å². The molecule has 0 spiro atoms. The van der Waals surface area contributed by atoms with Crippen LogP contribution in [-0.2, 0) is 11.2 Å². The highest BCUT2D eigenvalue weighted by Gasteiger charge is 2.29. The third kappa shape index (κ3) is 6.58. The first kappa shape index (κ1) is 27.7. The number of fused-ring (bicyclic) bond motifs is 1. The average molecular weight is 534 g/mol. The molecule has 1 fully saturated rings. The number of pyridine rings is 1. The van der Waals surface area contributed by atoms with Crippen LogP contribution in [0.3, 0.4) is 0 Å². The Hall–Kier alpha value is -4.31. The smallest absolute Gasteiger partial charge is 0.254 e. The number of ether oxygens (including phenoxy) is 1. The first-order valence-electron chi connectivity index (χ1n) is 12.5. The van der Waals surface area contributed by atoms with Gasteiger partial charge < -0.3 is 25.8 Å². The highest BCUT2D eigenvalue weighted by atomic mass is 19.1. The number of amides is 2. The third-order valence-corrected chi connectivity index (χ3v) is 6.14. The number of β-amino-alcohol motifs (C(OH)–C–C–N with tert-alkyl or cyclic N) is 1. The molecular formula is C29H32FN5O4. The molecule has 0 saturated carbocycles. The molecule has 1 saturated heterocycles.